The van der Waals surface area contributed by atoms with Crippen molar-refractivity contribution in [3.63, 3.8) is 0 Å². The normalized spacial score (nSPS) is 22.2. The number of hydrogen-bond donors (Lipinski definition) is 1. The van der Waals surface area contributed by atoms with Crippen LogP contribution in [0.4, 0.5) is 0 Å². The third-order valence-corrected chi connectivity index (χ3v) is 7.84. The van der Waals surface area contributed by atoms with Crippen molar-refractivity contribution >= 4 is 44.5 Å². The Bertz CT molecular complexity index is 824. The predicted molar refractivity (Wildman–Crippen MR) is 111 cm³/mol. The van der Waals surface area contributed by atoms with Crippen molar-refractivity contribution in [2.45, 2.75) is 30.2 Å². The third kappa shape index (κ3) is 4.84. The summed E-state index contributed by atoms with van der Waals surface area (Å²) in [5, 5.41) is 9.63. The van der Waals surface area contributed by atoms with Crippen molar-refractivity contribution in [1.82, 2.24) is 14.1 Å². The van der Waals surface area contributed by atoms with E-state index in [0.29, 0.717) is 0 Å². The van der Waals surface area contributed by atoms with E-state index in [1.807, 2.05) is 0 Å². The molecule has 8 nitrogen and oxygen atoms in total. The molecule has 1 N–H and O–H groups in total. The lowest BCUT2D eigenvalue weighted by Gasteiger charge is -2.39. The number of likely N-dealkylation sites (tertiary alicyclic amines) is 1. The van der Waals surface area contributed by atoms with Crippen LogP contribution in [0.3, 0.4) is 0 Å². The number of carbonyl (C=O) groups is 2. The highest BCUT2D eigenvalue weighted by Crippen LogP contribution is 2.23. The molecule has 10 heteroatoms. The highest BCUT2D eigenvalue weighted by atomic mass is 127. The first-order valence-electron chi connectivity index (χ1n) is 9.29. The molecule has 3 rings (SSSR count). The van der Waals surface area contributed by atoms with Crippen LogP contribution >= 0.6 is 22.6 Å². The van der Waals surface area contributed by atoms with E-state index in [0.717, 1.165) is 33.8 Å². The number of sulfonamides is 1. The number of rotatable bonds is 5. The third-order valence-electron chi connectivity index (χ3n) is 5.20. The number of halogens is 1. The maximum absolute atomic E-state index is 13.0. The van der Waals surface area contributed by atoms with Crippen LogP contribution in [0.5, 0.6) is 0 Å². The number of nitrogens with zero attached hydrogens (tertiary/aromatic N) is 3. The van der Waals surface area contributed by atoms with Gasteiger partial charge >= 0.3 is 5.97 Å². The van der Waals surface area contributed by atoms with Crippen molar-refractivity contribution < 1.29 is 23.1 Å². The smallest absolute Gasteiger partial charge is 0.323 e. The summed E-state index contributed by atoms with van der Waals surface area (Å²) in [5.74, 6) is -1.39. The van der Waals surface area contributed by atoms with E-state index < -0.39 is 22.0 Å². The number of carboxylic acids is 1. The molecule has 1 aromatic carbocycles. The molecule has 2 saturated heterocycles. The Morgan fingerprint density at radius 1 is 1.04 bits per heavy atom. The molecule has 2 fully saturated rings. The van der Waals surface area contributed by atoms with Crippen LogP contribution in [0.1, 0.15) is 19.3 Å². The first kappa shape index (κ1) is 21.5. The number of benzene rings is 1. The van der Waals surface area contributed by atoms with E-state index in [4.69, 9.17) is 0 Å². The molecule has 0 aliphatic carbocycles. The van der Waals surface area contributed by atoms with Crippen LogP contribution in [-0.2, 0) is 19.6 Å². The molecule has 0 spiro atoms. The van der Waals surface area contributed by atoms with Crippen LogP contribution in [0.2, 0.25) is 0 Å². The summed E-state index contributed by atoms with van der Waals surface area (Å²) in [7, 11) is -3.95. The van der Waals surface area contributed by atoms with Crippen molar-refractivity contribution in [3.05, 3.63) is 27.8 Å². The molecule has 154 valence electrons. The van der Waals surface area contributed by atoms with E-state index >= 15 is 0 Å². The molecule has 2 aliphatic rings. The fourth-order valence-corrected chi connectivity index (χ4v) is 5.56. The number of piperazine rings is 1. The number of amides is 1. The highest BCUT2D eigenvalue weighted by molar-refractivity contribution is 14.1. The zero-order chi connectivity index (χ0) is 20.3. The van der Waals surface area contributed by atoms with Crippen LogP contribution in [0.15, 0.2) is 29.2 Å². The number of carboxylic acid groups (broad SMARTS) is 1. The van der Waals surface area contributed by atoms with Gasteiger partial charge in [-0.05, 0) is 72.8 Å². The molecule has 0 bridgehead atoms. The summed E-state index contributed by atoms with van der Waals surface area (Å²) in [5.41, 5.74) is 0. The van der Waals surface area contributed by atoms with Gasteiger partial charge < -0.3 is 10.0 Å². The molecule has 0 radical (unpaired) electrons. The fourth-order valence-electron chi connectivity index (χ4n) is 3.63. The van der Waals surface area contributed by atoms with E-state index in [1.165, 1.54) is 23.5 Å². The summed E-state index contributed by atoms with van der Waals surface area (Å²) in [6, 6.07) is 5.00. The Kier molecular flexibility index (Phi) is 6.94. The van der Waals surface area contributed by atoms with Crippen molar-refractivity contribution in [1.29, 1.82) is 0 Å². The summed E-state index contributed by atoms with van der Waals surface area (Å²) in [6.45, 7) is 2.03. The number of aliphatic carboxylic acids is 1. The summed E-state index contributed by atoms with van der Waals surface area (Å²) < 4.78 is 27.8. The molecule has 28 heavy (non-hydrogen) atoms. The lowest BCUT2D eigenvalue weighted by atomic mass is 10.1. The Morgan fingerprint density at radius 3 is 2.29 bits per heavy atom. The van der Waals surface area contributed by atoms with Gasteiger partial charge in [0.05, 0.1) is 11.4 Å². The lowest BCUT2D eigenvalue weighted by Crippen LogP contribution is -2.60. The molecule has 1 atom stereocenters. The van der Waals surface area contributed by atoms with Gasteiger partial charge in [0.15, 0.2) is 0 Å². The van der Waals surface area contributed by atoms with Crippen LogP contribution in [0, 0.1) is 3.57 Å². The van der Waals surface area contributed by atoms with Gasteiger partial charge in [-0.15, -0.1) is 0 Å². The zero-order valence-electron chi connectivity index (χ0n) is 15.5. The minimum atomic E-state index is -3.95. The summed E-state index contributed by atoms with van der Waals surface area (Å²) >= 11 is 2.08. The minimum absolute atomic E-state index is 0.0307. The molecular formula is C18H24IN3O5S. The van der Waals surface area contributed by atoms with Crippen molar-refractivity contribution in [3.8, 4) is 0 Å². The molecular weight excluding hydrogens is 497 g/mol. The maximum atomic E-state index is 13.0. The molecule has 1 amide bonds. The minimum Gasteiger partial charge on any atom is -0.480 e. The zero-order valence-corrected chi connectivity index (χ0v) is 18.4. The van der Waals surface area contributed by atoms with Gasteiger partial charge in [0.25, 0.3) is 0 Å². The SMILES string of the molecule is O=C(O)[C@H]1CN(C(=O)CN2CCCCC2)CCN1S(=O)(=O)c1ccc(I)cc1. The molecule has 0 saturated carbocycles. The first-order valence-corrected chi connectivity index (χ1v) is 11.8. The average molecular weight is 521 g/mol. The Balaban J connectivity index is 1.72. The van der Waals surface area contributed by atoms with Gasteiger partial charge in [-0.25, -0.2) is 8.42 Å². The van der Waals surface area contributed by atoms with E-state index in [1.54, 1.807) is 12.1 Å². The van der Waals surface area contributed by atoms with Crippen molar-refractivity contribution in [2.24, 2.45) is 0 Å². The monoisotopic (exact) mass is 521 g/mol. The Labute approximate surface area is 178 Å². The second-order valence-electron chi connectivity index (χ2n) is 7.10. The van der Waals surface area contributed by atoms with Crippen LogP contribution in [0.25, 0.3) is 0 Å². The van der Waals surface area contributed by atoms with Gasteiger partial charge in [-0.2, -0.15) is 4.31 Å². The topological polar surface area (TPSA) is 98.2 Å². The highest BCUT2D eigenvalue weighted by Gasteiger charge is 2.41. The average Bonchev–Trinajstić information content (AvgIpc) is 2.68. The van der Waals surface area contributed by atoms with Gasteiger partial charge in [0.2, 0.25) is 15.9 Å². The maximum Gasteiger partial charge on any atom is 0.323 e. The van der Waals surface area contributed by atoms with E-state index in [9.17, 15) is 23.1 Å². The Hall–Kier alpha value is -1.24. The molecule has 1 aromatic rings. The quantitative estimate of drug-likeness (QED) is 0.583. The molecule has 0 aromatic heterocycles. The molecule has 0 unspecified atom stereocenters. The second kappa shape index (κ2) is 9.06. The molecule has 2 heterocycles. The fraction of sp³-hybridized carbons (Fsp3) is 0.556. The second-order valence-corrected chi connectivity index (χ2v) is 10.2. The Morgan fingerprint density at radius 2 is 1.68 bits per heavy atom. The van der Waals surface area contributed by atoms with Crippen LogP contribution < -0.4 is 0 Å². The summed E-state index contributed by atoms with van der Waals surface area (Å²) in [6.07, 6.45) is 3.29. The summed E-state index contributed by atoms with van der Waals surface area (Å²) in [4.78, 5) is 28.0. The number of hydrogen-bond acceptors (Lipinski definition) is 5. The standard InChI is InChI=1S/C18H24IN3O5S/c19-14-4-6-15(7-5-14)28(26,27)22-11-10-21(12-16(22)18(24)25)17(23)13-20-8-2-1-3-9-20/h4-7,16H,1-3,8-13H2,(H,24,25)/t16-/m1/s1. The lowest BCUT2D eigenvalue weighted by molar-refractivity contribution is -0.146. The first-order chi connectivity index (χ1) is 13.3. The largest absolute Gasteiger partial charge is 0.480 e. The van der Waals surface area contributed by atoms with Gasteiger partial charge in [-0.3, -0.25) is 14.5 Å². The van der Waals surface area contributed by atoms with Gasteiger partial charge in [0.1, 0.15) is 6.04 Å². The molecule has 2 aliphatic heterocycles. The number of piperidine rings is 1. The van der Waals surface area contributed by atoms with E-state index in [-0.39, 0.29) is 37.0 Å². The predicted octanol–water partition coefficient (Wildman–Crippen LogP) is 1.06. The van der Waals surface area contributed by atoms with E-state index in [2.05, 4.69) is 27.5 Å². The van der Waals surface area contributed by atoms with Crippen molar-refractivity contribution in [2.75, 3.05) is 39.3 Å². The van der Waals surface area contributed by atoms with Gasteiger partial charge in [-0.1, -0.05) is 6.42 Å². The number of carbonyl (C=O) groups excluding carboxylic acids is 1. The van der Waals surface area contributed by atoms with Crippen LogP contribution in [-0.4, -0.2) is 84.8 Å². The van der Waals surface area contributed by atoms with Gasteiger partial charge in [0, 0.05) is 23.2 Å².